The van der Waals surface area contributed by atoms with Crippen molar-refractivity contribution in [1.29, 1.82) is 0 Å². The minimum absolute atomic E-state index is 0.0287. The van der Waals surface area contributed by atoms with Gasteiger partial charge in [0.25, 0.3) is 0 Å². The Kier molecular flexibility index (Phi) is 7.72. The first-order valence-corrected chi connectivity index (χ1v) is 15.6. The quantitative estimate of drug-likeness (QED) is 0.474. The van der Waals surface area contributed by atoms with Crippen molar-refractivity contribution < 1.29 is 17.9 Å². The minimum atomic E-state index is -3.76. The molecule has 0 aromatic heterocycles. The summed E-state index contributed by atoms with van der Waals surface area (Å²) in [7, 11) is -3.76. The molecule has 4 rings (SSSR count). The molecule has 35 heavy (non-hydrogen) atoms. The van der Waals surface area contributed by atoms with Crippen LogP contribution in [0.4, 0.5) is 0 Å². The third kappa shape index (κ3) is 4.18. The number of fused-ring (bicyclic) bond motifs is 2. The number of hydrogen-bond donors (Lipinski definition) is 2. The Morgan fingerprint density at radius 1 is 1.00 bits per heavy atom. The first kappa shape index (κ1) is 27.3. The molecule has 4 saturated carbocycles. The number of nitrogens with zero attached hydrogens (tertiary/aromatic N) is 1. The number of sulfonamides is 1. The van der Waals surface area contributed by atoms with E-state index in [2.05, 4.69) is 13.8 Å². The number of carbonyl (C=O) groups is 1. The number of ether oxygens (including phenoxy) is 1. The molecule has 0 aromatic carbocycles. The molecule has 4 aliphatic rings. The lowest BCUT2D eigenvalue weighted by Gasteiger charge is -2.49. The van der Waals surface area contributed by atoms with Crippen LogP contribution < -0.4 is 11.5 Å². The van der Waals surface area contributed by atoms with E-state index >= 15 is 8.42 Å². The number of carbonyl (C=O) groups excluding carboxylic acids is 1. The second-order valence-electron chi connectivity index (χ2n) is 12.8. The zero-order valence-corrected chi connectivity index (χ0v) is 23.2. The van der Waals surface area contributed by atoms with Gasteiger partial charge < -0.3 is 16.2 Å². The van der Waals surface area contributed by atoms with E-state index in [-0.39, 0.29) is 30.5 Å². The first-order chi connectivity index (χ1) is 16.4. The zero-order valence-electron chi connectivity index (χ0n) is 22.4. The summed E-state index contributed by atoms with van der Waals surface area (Å²) in [5.74, 6) is -0.557. The molecule has 0 unspecified atom stereocenters. The van der Waals surface area contributed by atoms with E-state index in [4.69, 9.17) is 16.2 Å². The van der Waals surface area contributed by atoms with Crippen LogP contribution in [0.1, 0.15) is 111 Å². The molecule has 4 N–H and O–H groups in total. The van der Waals surface area contributed by atoms with E-state index in [1.165, 1.54) is 12.8 Å². The van der Waals surface area contributed by atoms with Gasteiger partial charge in [-0.15, -0.1) is 0 Å². The number of nitrogens with two attached hydrogens (primary N) is 2. The van der Waals surface area contributed by atoms with Gasteiger partial charge in [-0.05, 0) is 62.2 Å². The minimum Gasteiger partial charge on any atom is -0.459 e. The van der Waals surface area contributed by atoms with Crippen molar-refractivity contribution in [3.63, 3.8) is 0 Å². The molecule has 4 atom stereocenters. The van der Waals surface area contributed by atoms with Gasteiger partial charge in [0, 0.05) is 18.6 Å². The number of hydrogen-bond acceptors (Lipinski definition) is 6. The Balaban J connectivity index is 1.75. The van der Waals surface area contributed by atoms with Crippen LogP contribution in [0.25, 0.3) is 0 Å². The highest BCUT2D eigenvalue weighted by molar-refractivity contribution is 7.90. The SMILES string of the molecule is CC(C)[C@@](N)(CN)C(=O)O[C@@H]1C[C@H]2CC[C@]1(S(=O)(=O)N(C1CCCCC1)C1CCCCC1)C2(C)C. The fourth-order valence-corrected chi connectivity index (χ4v) is 11.2. The molecule has 2 bridgehead atoms. The summed E-state index contributed by atoms with van der Waals surface area (Å²) in [4.78, 5) is 13.4. The molecule has 0 aliphatic heterocycles. The van der Waals surface area contributed by atoms with Crippen molar-refractivity contribution in [2.45, 2.75) is 140 Å². The number of rotatable bonds is 8. The van der Waals surface area contributed by atoms with Gasteiger partial charge in [0.05, 0.1) is 0 Å². The summed E-state index contributed by atoms with van der Waals surface area (Å²) >= 11 is 0. The van der Waals surface area contributed by atoms with Gasteiger partial charge in [0.15, 0.2) is 0 Å². The van der Waals surface area contributed by atoms with Gasteiger partial charge in [-0.2, -0.15) is 4.31 Å². The maximum Gasteiger partial charge on any atom is 0.328 e. The lowest BCUT2D eigenvalue weighted by atomic mass is 9.81. The third-order valence-electron chi connectivity index (χ3n) is 10.6. The van der Waals surface area contributed by atoms with Crippen molar-refractivity contribution in [3.8, 4) is 0 Å². The van der Waals surface area contributed by atoms with Crippen LogP contribution in [0.15, 0.2) is 0 Å². The average molecular weight is 512 g/mol. The van der Waals surface area contributed by atoms with Crippen LogP contribution in [-0.4, -0.2) is 53.7 Å². The van der Waals surface area contributed by atoms with Crippen molar-refractivity contribution in [1.82, 2.24) is 4.31 Å². The Morgan fingerprint density at radius 2 is 1.51 bits per heavy atom. The van der Waals surface area contributed by atoms with Gasteiger partial charge in [-0.1, -0.05) is 66.2 Å². The Hall–Kier alpha value is -0.700. The summed E-state index contributed by atoms with van der Waals surface area (Å²) < 4.78 is 37.1. The fraction of sp³-hybridized carbons (Fsp3) is 0.963. The van der Waals surface area contributed by atoms with Crippen LogP contribution in [0.2, 0.25) is 0 Å². The van der Waals surface area contributed by atoms with Crippen LogP contribution in [0, 0.1) is 17.3 Å². The van der Waals surface area contributed by atoms with Gasteiger partial charge in [-0.3, -0.25) is 0 Å². The monoisotopic (exact) mass is 511 g/mol. The number of esters is 1. The molecule has 0 spiro atoms. The van der Waals surface area contributed by atoms with Crippen molar-refractivity contribution in [3.05, 3.63) is 0 Å². The molecule has 0 aromatic rings. The van der Waals surface area contributed by atoms with Crippen molar-refractivity contribution >= 4 is 16.0 Å². The van der Waals surface area contributed by atoms with E-state index < -0.39 is 37.8 Å². The highest BCUT2D eigenvalue weighted by atomic mass is 32.2. The molecule has 0 radical (unpaired) electrons. The Labute approximate surface area is 213 Å². The predicted molar refractivity (Wildman–Crippen MR) is 139 cm³/mol. The van der Waals surface area contributed by atoms with Gasteiger partial charge in [0.2, 0.25) is 10.0 Å². The topological polar surface area (TPSA) is 116 Å². The molecule has 0 heterocycles. The molecular formula is C27H49N3O4S. The molecule has 4 fully saturated rings. The second-order valence-corrected chi connectivity index (χ2v) is 14.9. The normalized spacial score (nSPS) is 33.8. The van der Waals surface area contributed by atoms with Gasteiger partial charge >= 0.3 is 5.97 Å². The largest absolute Gasteiger partial charge is 0.459 e. The highest BCUT2D eigenvalue weighted by Crippen LogP contribution is 2.65. The van der Waals surface area contributed by atoms with Crippen molar-refractivity contribution in [2.75, 3.05) is 6.54 Å². The van der Waals surface area contributed by atoms with Gasteiger partial charge in [-0.25, -0.2) is 13.2 Å². The Bertz CT molecular complexity index is 861. The molecule has 0 saturated heterocycles. The van der Waals surface area contributed by atoms with Crippen LogP contribution in [-0.2, 0) is 19.6 Å². The standard InChI is InChI=1S/C27H49N3O4S/c1-19(2)26(29,18-28)24(31)34-23-17-20-15-16-27(23,25(20,3)4)35(32,33)30(21-11-7-5-8-12-21)22-13-9-6-10-14-22/h19-23H,5-18,28-29H2,1-4H3/t20-,23-,26+,27-/m1/s1. The summed E-state index contributed by atoms with van der Waals surface area (Å²) in [5, 5.41) is 0. The summed E-state index contributed by atoms with van der Waals surface area (Å²) in [5.41, 5.74) is 10.5. The second kappa shape index (κ2) is 9.88. The third-order valence-corrected chi connectivity index (χ3v) is 13.7. The molecule has 202 valence electrons. The average Bonchev–Trinajstić information content (AvgIpc) is 3.22. The van der Waals surface area contributed by atoms with E-state index in [1.54, 1.807) is 0 Å². The van der Waals surface area contributed by atoms with E-state index in [9.17, 15) is 4.79 Å². The zero-order chi connectivity index (χ0) is 25.6. The molecule has 0 amide bonds. The maximum atomic E-state index is 15.1. The smallest absolute Gasteiger partial charge is 0.328 e. The van der Waals surface area contributed by atoms with Crippen LogP contribution in [0.5, 0.6) is 0 Å². The molecule has 4 aliphatic carbocycles. The van der Waals surface area contributed by atoms with Crippen LogP contribution >= 0.6 is 0 Å². The van der Waals surface area contributed by atoms with Crippen molar-refractivity contribution in [2.24, 2.45) is 28.7 Å². The van der Waals surface area contributed by atoms with Gasteiger partial charge in [0.1, 0.15) is 16.4 Å². The van der Waals surface area contributed by atoms with E-state index in [0.717, 1.165) is 57.8 Å². The summed E-state index contributed by atoms with van der Waals surface area (Å²) in [6.07, 6.45) is 11.8. The fourth-order valence-electron chi connectivity index (χ4n) is 7.97. The Morgan fingerprint density at radius 3 is 1.94 bits per heavy atom. The highest BCUT2D eigenvalue weighted by Gasteiger charge is 2.74. The summed E-state index contributed by atoms with van der Waals surface area (Å²) in [6, 6.07) is 0.123. The first-order valence-electron chi connectivity index (χ1n) is 14.2. The predicted octanol–water partition coefficient (Wildman–Crippen LogP) is 4.09. The van der Waals surface area contributed by atoms with E-state index in [0.29, 0.717) is 12.8 Å². The summed E-state index contributed by atoms with van der Waals surface area (Å²) in [6.45, 7) is 7.88. The van der Waals surface area contributed by atoms with E-state index in [1.807, 2.05) is 18.2 Å². The molecule has 7 nitrogen and oxygen atoms in total. The lowest BCUT2D eigenvalue weighted by molar-refractivity contribution is -0.159. The lowest BCUT2D eigenvalue weighted by Crippen LogP contribution is -2.65. The maximum absolute atomic E-state index is 15.1. The van der Waals surface area contributed by atoms with Crippen LogP contribution in [0.3, 0.4) is 0 Å². The molecule has 8 heteroatoms. The molecular weight excluding hydrogens is 462 g/mol.